The minimum absolute atomic E-state index is 0.0816. The van der Waals surface area contributed by atoms with Crippen molar-refractivity contribution in [2.24, 2.45) is 0 Å². The molecule has 1 aromatic carbocycles. The minimum atomic E-state index is -0.672. The highest BCUT2D eigenvalue weighted by Crippen LogP contribution is 2.22. The molecule has 2 rings (SSSR count). The molecular formula is C19H23N3O3S. The van der Waals surface area contributed by atoms with Crippen LogP contribution in [0.3, 0.4) is 0 Å². The molecule has 0 bridgehead atoms. The lowest BCUT2D eigenvalue weighted by molar-refractivity contribution is -0.115. The highest BCUT2D eigenvalue weighted by Gasteiger charge is 2.11. The van der Waals surface area contributed by atoms with E-state index in [-0.39, 0.29) is 18.6 Å². The van der Waals surface area contributed by atoms with Gasteiger partial charge in [0.05, 0.1) is 12.0 Å². The summed E-state index contributed by atoms with van der Waals surface area (Å²) in [6.07, 6.45) is -0.382. The van der Waals surface area contributed by atoms with E-state index in [4.69, 9.17) is 4.74 Å². The number of aliphatic hydroxyl groups is 1. The van der Waals surface area contributed by atoms with Gasteiger partial charge < -0.3 is 20.5 Å². The number of carbonyl (C=O) groups is 1. The Morgan fingerprint density at radius 3 is 2.85 bits per heavy atom. The van der Waals surface area contributed by atoms with E-state index in [0.29, 0.717) is 30.0 Å². The largest absolute Gasteiger partial charge is 0.489 e. The molecule has 0 saturated heterocycles. The number of hydrogen-bond donors (Lipinski definition) is 3. The lowest BCUT2D eigenvalue weighted by Gasteiger charge is -2.16. The molecule has 1 atom stereocenters. The maximum atomic E-state index is 12.0. The number of carbonyl (C=O) groups excluding carboxylic acids is 1. The summed E-state index contributed by atoms with van der Waals surface area (Å²) in [5.41, 5.74) is 1.80. The summed E-state index contributed by atoms with van der Waals surface area (Å²) in [6, 6.07) is 9.11. The van der Waals surface area contributed by atoms with Crippen molar-refractivity contribution in [2.75, 3.05) is 18.5 Å². The van der Waals surface area contributed by atoms with Crippen LogP contribution in [0, 0.1) is 11.3 Å². The number of benzene rings is 1. The molecule has 3 N–H and O–H groups in total. The zero-order valence-electron chi connectivity index (χ0n) is 14.9. The van der Waals surface area contributed by atoms with E-state index in [9.17, 15) is 15.2 Å². The second kappa shape index (κ2) is 9.92. The van der Waals surface area contributed by atoms with Gasteiger partial charge in [0.1, 0.15) is 24.5 Å². The summed E-state index contributed by atoms with van der Waals surface area (Å²) < 4.78 is 5.54. The predicted molar refractivity (Wildman–Crippen MR) is 102 cm³/mol. The molecule has 2 aromatic rings. The maximum Gasteiger partial charge on any atom is 0.228 e. The monoisotopic (exact) mass is 373 g/mol. The normalized spacial score (nSPS) is 11.8. The summed E-state index contributed by atoms with van der Waals surface area (Å²) >= 11 is 1.54. The Labute approximate surface area is 157 Å². The van der Waals surface area contributed by atoms with Crippen LogP contribution in [-0.4, -0.2) is 36.3 Å². The van der Waals surface area contributed by atoms with Gasteiger partial charge in [0, 0.05) is 18.3 Å². The Hall–Kier alpha value is -2.40. The third-order valence-corrected chi connectivity index (χ3v) is 4.25. The Morgan fingerprint density at radius 2 is 2.19 bits per heavy atom. The van der Waals surface area contributed by atoms with Crippen molar-refractivity contribution >= 4 is 22.9 Å². The third kappa shape index (κ3) is 6.48. The van der Waals surface area contributed by atoms with Crippen molar-refractivity contribution in [1.82, 2.24) is 5.32 Å². The maximum absolute atomic E-state index is 12.0. The van der Waals surface area contributed by atoms with Gasteiger partial charge >= 0.3 is 0 Å². The number of hydrogen-bond acceptors (Lipinski definition) is 6. The van der Waals surface area contributed by atoms with Gasteiger partial charge in [0.2, 0.25) is 5.91 Å². The average molecular weight is 373 g/mol. The third-order valence-electron chi connectivity index (χ3n) is 3.52. The topological polar surface area (TPSA) is 94.4 Å². The van der Waals surface area contributed by atoms with Crippen molar-refractivity contribution < 1.29 is 14.6 Å². The smallest absolute Gasteiger partial charge is 0.228 e. The zero-order valence-corrected chi connectivity index (χ0v) is 15.7. The molecule has 1 heterocycles. The molecule has 0 aliphatic heterocycles. The summed E-state index contributed by atoms with van der Waals surface area (Å²) in [5.74, 6) is 0.239. The molecule has 1 aromatic heterocycles. The Bertz CT molecular complexity index is 754. The van der Waals surface area contributed by atoms with Gasteiger partial charge in [0.15, 0.2) is 0 Å². The lowest BCUT2D eigenvalue weighted by Crippen LogP contribution is -2.35. The van der Waals surface area contributed by atoms with Crippen LogP contribution in [-0.2, 0) is 11.2 Å². The van der Waals surface area contributed by atoms with E-state index in [1.54, 1.807) is 29.5 Å². The quantitative estimate of drug-likeness (QED) is 0.628. The fraction of sp³-hybridized carbons (Fsp3) is 0.368. The highest BCUT2D eigenvalue weighted by molar-refractivity contribution is 7.08. The van der Waals surface area contributed by atoms with Crippen LogP contribution in [0.4, 0.5) is 5.69 Å². The molecule has 0 radical (unpaired) electrons. The fourth-order valence-electron chi connectivity index (χ4n) is 2.22. The fourth-order valence-corrected chi connectivity index (χ4v) is 2.89. The van der Waals surface area contributed by atoms with Crippen LogP contribution in [0.2, 0.25) is 0 Å². The van der Waals surface area contributed by atoms with Crippen molar-refractivity contribution in [3.05, 3.63) is 46.2 Å². The second-order valence-corrected chi connectivity index (χ2v) is 6.99. The number of amides is 1. The van der Waals surface area contributed by atoms with E-state index in [1.807, 2.05) is 30.7 Å². The molecule has 138 valence electrons. The number of nitrogens with one attached hydrogen (secondary N) is 2. The zero-order chi connectivity index (χ0) is 18.9. The molecule has 0 aliphatic rings. The number of ether oxygens (including phenoxy) is 1. The van der Waals surface area contributed by atoms with E-state index in [1.165, 1.54) is 0 Å². The van der Waals surface area contributed by atoms with Crippen LogP contribution in [0.15, 0.2) is 35.0 Å². The van der Waals surface area contributed by atoms with E-state index < -0.39 is 6.10 Å². The molecule has 0 aliphatic carbocycles. The summed E-state index contributed by atoms with van der Waals surface area (Å²) in [6.45, 7) is 4.48. The van der Waals surface area contributed by atoms with Crippen LogP contribution in [0.25, 0.3) is 0 Å². The van der Waals surface area contributed by atoms with Crippen molar-refractivity contribution in [2.45, 2.75) is 32.4 Å². The van der Waals surface area contributed by atoms with Crippen molar-refractivity contribution in [1.29, 1.82) is 5.26 Å². The van der Waals surface area contributed by atoms with Crippen molar-refractivity contribution in [3.63, 3.8) is 0 Å². The second-order valence-electron chi connectivity index (χ2n) is 6.21. The summed E-state index contributed by atoms with van der Waals surface area (Å²) in [7, 11) is 0. The number of anilines is 1. The van der Waals surface area contributed by atoms with Gasteiger partial charge in [-0.05, 0) is 40.6 Å². The van der Waals surface area contributed by atoms with E-state index >= 15 is 0 Å². The van der Waals surface area contributed by atoms with E-state index in [0.717, 1.165) is 5.56 Å². The molecule has 1 amide bonds. The van der Waals surface area contributed by atoms with Crippen LogP contribution in [0.5, 0.6) is 5.75 Å². The predicted octanol–water partition coefficient (Wildman–Crippen LogP) is 2.54. The van der Waals surface area contributed by atoms with E-state index in [2.05, 4.69) is 16.7 Å². The molecule has 26 heavy (non-hydrogen) atoms. The first-order valence-electron chi connectivity index (χ1n) is 8.37. The first-order valence-corrected chi connectivity index (χ1v) is 9.31. The van der Waals surface area contributed by atoms with Gasteiger partial charge in [-0.25, -0.2) is 0 Å². The number of nitriles is 1. The number of thiophene rings is 1. The Morgan fingerprint density at radius 1 is 1.38 bits per heavy atom. The Balaban J connectivity index is 1.92. The Kier molecular flexibility index (Phi) is 7.60. The number of rotatable bonds is 9. The lowest BCUT2D eigenvalue weighted by atomic mass is 10.1. The van der Waals surface area contributed by atoms with Gasteiger partial charge in [0.25, 0.3) is 0 Å². The molecule has 6 nitrogen and oxygen atoms in total. The van der Waals surface area contributed by atoms with Gasteiger partial charge in [-0.15, -0.1) is 0 Å². The van der Waals surface area contributed by atoms with Crippen molar-refractivity contribution in [3.8, 4) is 11.8 Å². The standard InChI is InChI=1S/C19H23N3O3S/c1-13(2)21-10-17(23)11-25-18-4-3-16(8-15(18)9-20)22-19(24)7-14-5-6-26-12-14/h3-6,8,12-13,17,21,23H,7,10-11H2,1-2H3,(H,22,24). The minimum Gasteiger partial charge on any atom is -0.489 e. The first kappa shape index (κ1) is 19.9. The van der Waals surface area contributed by atoms with Crippen LogP contribution in [0.1, 0.15) is 25.0 Å². The average Bonchev–Trinajstić information content (AvgIpc) is 3.11. The first-order chi connectivity index (χ1) is 12.5. The van der Waals surface area contributed by atoms with Crippen LogP contribution < -0.4 is 15.4 Å². The number of nitrogens with zero attached hydrogens (tertiary/aromatic N) is 1. The summed E-state index contributed by atoms with van der Waals surface area (Å²) in [4.78, 5) is 12.0. The summed E-state index contributed by atoms with van der Waals surface area (Å²) in [5, 5.41) is 28.9. The molecule has 0 saturated carbocycles. The number of aliphatic hydroxyl groups excluding tert-OH is 1. The molecule has 0 fully saturated rings. The van der Waals surface area contributed by atoms with Crippen LogP contribution >= 0.6 is 11.3 Å². The van der Waals surface area contributed by atoms with Gasteiger partial charge in [-0.2, -0.15) is 16.6 Å². The molecule has 7 heteroatoms. The SMILES string of the molecule is CC(C)NCC(O)COc1ccc(NC(=O)Cc2ccsc2)cc1C#N. The van der Waals surface area contributed by atoms with Gasteiger partial charge in [-0.3, -0.25) is 4.79 Å². The highest BCUT2D eigenvalue weighted by atomic mass is 32.1. The molecular weight excluding hydrogens is 350 g/mol. The molecule has 0 spiro atoms. The van der Waals surface area contributed by atoms with Gasteiger partial charge in [-0.1, -0.05) is 13.8 Å². The molecule has 1 unspecified atom stereocenters.